The normalized spacial score (nSPS) is 14.3. The highest BCUT2D eigenvalue weighted by atomic mass is 15.0. The van der Waals surface area contributed by atoms with E-state index in [1.54, 1.807) is 0 Å². The van der Waals surface area contributed by atoms with Crippen molar-refractivity contribution in [3.05, 3.63) is 163 Å². The molecule has 0 amide bonds. The van der Waals surface area contributed by atoms with Crippen LogP contribution in [-0.2, 0) is 10.8 Å². The first-order valence-corrected chi connectivity index (χ1v) is 17.4. The van der Waals surface area contributed by atoms with Crippen LogP contribution in [0.1, 0.15) is 38.8 Å². The standard InChI is InChI=1S/C47H37N3/c1-46(2)41-28-35(25-26-38(41)40-27-36-24-21-31-13-11-12-18-37(31)39(36)29-42(40)47(46,3)4)30-19-22-34(23-20-30)45-49-43(32-14-7-5-8-15-32)48-44(50-45)33-16-9-6-10-17-33/h5-29H,1-4H3. The van der Waals surface area contributed by atoms with Crippen LogP contribution in [0.5, 0.6) is 0 Å². The van der Waals surface area contributed by atoms with Gasteiger partial charge in [-0.05, 0) is 84.0 Å². The zero-order chi connectivity index (χ0) is 34.0. The summed E-state index contributed by atoms with van der Waals surface area (Å²) in [6, 6.07) is 54.1. The maximum absolute atomic E-state index is 4.93. The summed E-state index contributed by atoms with van der Waals surface area (Å²) in [5.74, 6) is 1.99. The quantitative estimate of drug-likeness (QED) is 0.179. The third kappa shape index (κ3) is 4.76. The number of hydrogen-bond acceptors (Lipinski definition) is 3. The summed E-state index contributed by atoms with van der Waals surface area (Å²) in [6.07, 6.45) is 0. The van der Waals surface area contributed by atoms with Crippen molar-refractivity contribution in [2.75, 3.05) is 0 Å². The van der Waals surface area contributed by atoms with E-state index in [4.69, 9.17) is 15.0 Å². The maximum atomic E-state index is 4.93. The lowest BCUT2D eigenvalue weighted by molar-refractivity contribution is 0.299. The maximum Gasteiger partial charge on any atom is 0.164 e. The van der Waals surface area contributed by atoms with Gasteiger partial charge in [0.2, 0.25) is 0 Å². The minimum absolute atomic E-state index is 0.0887. The Morgan fingerprint density at radius 3 is 1.44 bits per heavy atom. The van der Waals surface area contributed by atoms with Gasteiger partial charge in [-0.2, -0.15) is 0 Å². The molecule has 3 nitrogen and oxygen atoms in total. The zero-order valence-corrected chi connectivity index (χ0v) is 28.8. The van der Waals surface area contributed by atoms with Crippen LogP contribution in [0.15, 0.2) is 152 Å². The van der Waals surface area contributed by atoms with E-state index in [1.165, 1.54) is 54.9 Å². The molecule has 1 aliphatic rings. The molecule has 0 fully saturated rings. The number of fused-ring (bicyclic) bond motifs is 6. The Morgan fingerprint density at radius 2 is 0.820 bits per heavy atom. The molecule has 0 unspecified atom stereocenters. The van der Waals surface area contributed by atoms with Gasteiger partial charge in [-0.25, -0.2) is 15.0 Å². The van der Waals surface area contributed by atoms with Crippen LogP contribution >= 0.6 is 0 Å². The first-order chi connectivity index (χ1) is 24.3. The second kappa shape index (κ2) is 11.3. The predicted octanol–water partition coefficient (Wildman–Crippen LogP) is 12.1. The number of benzene rings is 7. The van der Waals surface area contributed by atoms with E-state index in [2.05, 4.69) is 119 Å². The fourth-order valence-corrected chi connectivity index (χ4v) is 7.69. The number of aromatic nitrogens is 3. The molecule has 8 aromatic rings. The summed E-state index contributed by atoms with van der Waals surface area (Å²) in [5, 5.41) is 5.21. The molecule has 240 valence electrons. The lowest BCUT2D eigenvalue weighted by Gasteiger charge is -2.48. The molecule has 0 saturated heterocycles. The Labute approximate surface area is 293 Å². The molecule has 1 aliphatic carbocycles. The van der Waals surface area contributed by atoms with E-state index in [1.807, 2.05) is 60.7 Å². The third-order valence-corrected chi connectivity index (χ3v) is 11.3. The molecule has 0 aliphatic heterocycles. The molecule has 7 aromatic carbocycles. The second-order valence-electron chi connectivity index (χ2n) is 14.5. The fraction of sp³-hybridized carbons (Fsp3) is 0.128. The third-order valence-electron chi connectivity index (χ3n) is 11.3. The van der Waals surface area contributed by atoms with Gasteiger partial charge in [0.25, 0.3) is 0 Å². The van der Waals surface area contributed by atoms with Crippen molar-refractivity contribution in [3.8, 4) is 56.4 Å². The van der Waals surface area contributed by atoms with Gasteiger partial charge in [0, 0.05) is 16.7 Å². The van der Waals surface area contributed by atoms with Crippen molar-refractivity contribution in [1.82, 2.24) is 15.0 Å². The Morgan fingerprint density at radius 1 is 0.340 bits per heavy atom. The lowest BCUT2D eigenvalue weighted by atomic mass is 9.55. The molecular formula is C47H37N3. The SMILES string of the molecule is CC1(C)c2cc(-c3ccc(-c4nc(-c5ccccc5)nc(-c5ccccc5)n4)cc3)ccc2-c2cc3ccc4ccccc4c3cc2C1(C)C. The van der Waals surface area contributed by atoms with E-state index in [-0.39, 0.29) is 10.8 Å². The van der Waals surface area contributed by atoms with E-state index < -0.39 is 0 Å². The number of nitrogens with zero attached hydrogens (tertiary/aromatic N) is 3. The molecule has 1 aromatic heterocycles. The average molecular weight is 644 g/mol. The first-order valence-electron chi connectivity index (χ1n) is 17.4. The Kier molecular flexibility index (Phi) is 6.82. The van der Waals surface area contributed by atoms with Gasteiger partial charge in [-0.3, -0.25) is 0 Å². The highest BCUT2D eigenvalue weighted by Crippen LogP contribution is 2.55. The smallest absolute Gasteiger partial charge is 0.164 e. The highest BCUT2D eigenvalue weighted by molar-refractivity contribution is 6.09. The molecule has 0 bridgehead atoms. The molecule has 50 heavy (non-hydrogen) atoms. The summed E-state index contributed by atoms with van der Waals surface area (Å²) in [5.41, 5.74) is 10.5. The minimum atomic E-state index is -0.101. The predicted molar refractivity (Wildman–Crippen MR) is 208 cm³/mol. The molecule has 3 heteroatoms. The summed E-state index contributed by atoms with van der Waals surface area (Å²) < 4.78 is 0. The van der Waals surface area contributed by atoms with Crippen LogP contribution in [0.3, 0.4) is 0 Å². The van der Waals surface area contributed by atoms with Crippen LogP contribution in [0.25, 0.3) is 78.0 Å². The van der Waals surface area contributed by atoms with Crippen LogP contribution in [0, 0.1) is 0 Å². The molecule has 1 heterocycles. The molecule has 9 rings (SSSR count). The first kappa shape index (κ1) is 30.2. The average Bonchev–Trinajstić information content (AvgIpc) is 3.17. The van der Waals surface area contributed by atoms with Crippen molar-refractivity contribution in [1.29, 1.82) is 0 Å². The lowest BCUT2D eigenvalue weighted by Crippen LogP contribution is -2.43. The summed E-state index contributed by atoms with van der Waals surface area (Å²) in [6.45, 7) is 9.64. The fourth-order valence-electron chi connectivity index (χ4n) is 7.69. The Hall–Kier alpha value is -5.93. The van der Waals surface area contributed by atoms with E-state index in [9.17, 15) is 0 Å². The molecule has 0 atom stereocenters. The van der Waals surface area contributed by atoms with Gasteiger partial charge in [-0.1, -0.05) is 161 Å². The molecule has 0 radical (unpaired) electrons. The number of rotatable bonds is 4. The molecule has 0 N–H and O–H groups in total. The van der Waals surface area contributed by atoms with E-state index in [0.717, 1.165) is 16.7 Å². The van der Waals surface area contributed by atoms with Crippen molar-refractivity contribution < 1.29 is 0 Å². The molecular weight excluding hydrogens is 607 g/mol. The minimum Gasteiger partial charge on any atom is -0.208 e. The van der Waals surface area contributed by atoms with Crippen molar-refractivity contribution in [2.45, 2.75) is 38.5 Å². The monoisotopic (exact) mass is 643 g/mol. The summed E-state index contributed by atoms with van der Waals surface area (Å²) >= 11 is 0. The van der Waals surface area contributed by atoms with Crippen molar-refractivity contribution in [3.63, 3.8) is 0 Å². The topological polar surface area (TPSA) is 38.7 Å². The van der Waals surface area contributed by atoms with E-state index >= 15 is 0 Å². The van der Waals surface area contributed by atoms with Crippen molar-refractivity contribution in [2.24, 2.45) is 0 Å². The zero-order valence-electron chi connectivity index (χ0n) is 28.8. The van der Waals surface area contributed by atoms with Crippen LogP contribution < -0.4 is 0 Å². The van der Waals surface area contributed by atoms with Gasteiger partial charge >= 0.3 is 0 Å². The Bertz CT molecular complexity index is 2510. The van der Waals surface area contributed by atoms with Gasteiger partial charge in [0.1, 0.15) is 0 Å². The summed E-state index contributed by atoms with van der Waals surface area (Å²) in [4.78, 5) is 14.7. The summed E-state index contributed by atoms with van der Waals surface area (Å²) in [7, 11) is 0. The van der Waals surface area contributed by atoms with Crippen molar-refractivity contribution >= 4 is 21.5 Å². The van der Waals surface area contributed by atoms with Gasteiger partial charge in [-0.15, -0.1) is 0 Å². The number of hydrogen-bond donors (Lipinski definition) is 0. The second-order valence-corrected chi connectivity index (χ2v) is 14.5. The molecule has 0 saturated carbocycles. The van der Waals surface area contributed by atoms with Crippen LogP contribution in [0.2, 0.25) is 0 Å². The highest BCUT2D eigenvalue weighted by Gasteiger charge is 2.46. The van der Waals surface area contributed by atoms with Crippen LogP contribution in [0.4, 0.5) is 0 Å². The molecule has 0 spiro atoms. The van der Waals surface area contributed by atoms with Gasteiger partial charge < -0.3 is 0 Å². The largest absolute Gasteiger partial charge is 0.208 e. The van der Waals surface area contributed by atoms with E-state index in [0.29, 0.717) is 17.5 Å². The van der Waals surface area contributed by atoms with Crippen LogP contribution in [-0.4, -0.2) is 15.0 Å². The van der Waals surface area contributed by atoms with Gasteiger partial charge in [0.05, 0.1) is 0 Å². The Balaban J connectivity index is 1.13. The van der Waals surface area contributed by atoms with Gasteiger partial charge in [0.15, 0.2) is 17.5 Å².